The van der Waals surface area contributed by atoms with E-state index in [0.29, 0.717) is 5.82 Å². The zero-order valence-electron chi connectivity index (χ0n) is 13.1. The smallest absolute Gasteiger partial charge is 0.255 e. The van der Waals surface area contributed by atoms with Gasteiger partial charge in [-0.1, -0.05) is 19.8 Å². The quantitative estimate of drug-likeness (QED) is 0.889. The summed E-state index contributed by atoms with van der Waals surface area (Å²) in [5, 5.41) is 3.53. The van der Waals surface area contributed by atoms with E-state index < -0.39 is 0 Å². The Morgan fingerprint density at radius 3 is 2.80 bits per heavy atom. The maximum Gasteiger partial charge on any atom is 0.255 e. The average Bonchev–Trinajstić information content (AvgIpc) is 2.35. The fourth-order valence-corrected chi connectivity index (χ4v) is 3.44. The Bertz CT molecular complexity index is 509. The molecule has 0 aliphatic heterocycles. The van der Waals surface area contributed by atoms with Crippen LogP contribution in [0.2, 0.25) is 0 Å². The summed E-state index contributed by atoms with van der Waals surface area (Å²) in [4.78, 5) is 19.2. The zero-order valence-corrected chi connectivity index (χ0v) is 13.1. The normalized spacial score (nSPS) is 24.6. The molecule has 0 spiro atoms. The molecule has 1 aliphatic carbocycles. The topological polar surface area (TPSA) is 57.8 Å². The number of aryl methyl sites for hydroxylation is 2. The van der Waals surface area contributed by atoms with Gasteiger partial charge in [0, 0.05) is 11.7 Å². The molecule has 1 aromatic rings. The highest BCUT2D eigenvalue weighted by molar-refractivity contribution is 5.19. The predicted octanol–water partition coefficient (Wildman–Crippen LogP) is 2.86. The number of nitrogens with one attached hydrogen (secondary N) is 2. The lowest BCUT2D eigenvalue weighted by Crippen LogP contribution is -2.32. The van der Waals surface area contributed by atoms with Crippen LogP contribution in [0.5, 0.6) is 0 Å². The van der Waals surface area contributed by atoms with Crippen molar-refractivity contribution in [3.8, 4) is 0 Å². The highest BCUT2D eigenvalue weighted by Gasteiger charge is 2.20. The van der Waals surface area contributed by atoms with Crippen molar-refractivity contribution in [1.29, 1.82) is 0 Å². The van der Waals surface area contributed by atoms with E-state index in [1.807, 2.05) is 13.8 Å². The van der Waals surface area contributed by atoms with Crippen molar-refractivity contribution < 1.29 is 0 Å². The Morgan fingerprint density at radius 1 is 1.40 bits per heavy atom. The summed E-state index contributed by atoms with van der Waals surface area (Å²) in [6, 6.07) is 0.0593. The second-order valence-corrected chi connectivity index (χ2v) is 6.42. The number of aromatic amines is 1. The van der Waals surface area contributed by atoms with Gasteiger partial charge in [-0.15, -0.1) is 0 Å². The summed E-state index contributed by atoms with van der Waals surface area (Å²) in [6.45, 7) is 9.13. The third-order valence-electron chi connectivity index (χ3n) is 4.45. The van der Waals surface area contributed by atoms with Crippen LogP contribution >= 0.6 is 0 Å². The monoisotopic (exact) mass is 277 g/mol. The Kier molecular flexibility index (Phi) is 4.97. The van der Waals surface area contributed by atoms with Gasteiger partial charge in [-0.25, -0.2) is 4.98 Å². The fourth-order valence-electron chi connectivity index (χ4n) is 3.44. The fraction of sp³-hybridized carbons (Fsp3) is 0.750. The summed E-state index contributed by atoms with van der Waals surface area (Å²) < 4.78 is 0. The van der Waals surface area contributed by atoms with Crippen LogP contribution in [0, 0.1) is 25.7 Å². The number of hydrogen-bond acceptors (Lipinski definition) is 3. The first kappa shape index (κ1) is 15.2. The third-order valence-corrected chi connectivity index (χ3v) is 4.45. The summed E-state index contributed by atoms with van der Waals surface area (Å²) in [6.07, 6.45) is 5.33. The van der Waals surface area contributed by atoms with Gasteiger partial charge in [-0.2, -0.15) is 0 Å². The van der Waals surface area contributed by atoms with Gasteiger partial charge in [0.1, 0.15) is 5.82 Å². The minimum absolute atomic E-state index is 0.00740. The van der Waals surface area contributed by atoms with Crippen molar-refractivity contribution in [3.63, 3.8) is 0 Å². The van der Waals surface area contributed by atoms with E-state index in [9.17, 15) is 4.79 Å². The predicted molar refractivity (Wildman–Crippen MR) is 81.9 cm³/mol. The van der Waals surface area contributed by atoms with Crippen LogP contribution in [-0.4, -0.2) is 16.5 Å². The maximum absolute atomic E-state index is 12.1. The molecule has 112 valence electrons. The second kappa shape index (κ2) is 6.53. The number of hydrogen-bond donors (Lipinski definition) is 2. The summed E-state index contributed by atoms with van der Waals surface area (Å²) >= 11 is 0. The van der Waals surface area contributed by atoms with E-state index in [4.69, 9.17) is 0 Å². The second-order valence-electron chi connectivity index (χ2n) is 6.42. The molecule has 0 saturated heterocycles. The molecule has 1 saturated carbocycles. The highest BCUT2D eigenvalue weighted by Crippen LogP contribution is 2.28. The molecular formula is C16H27N3O. The SMILES string of the molecule is Cc1nc(C)c(C(C)NCC2CCCC(C)C2)c(=O)[nH]1. The van der Waals surface area contributed by atoms with Crippen molar-refractivity contribution in [2.45, 2.75) is 59.4 Å². The van der Waals surface area contributed by atoms with E-state index in [1.165, 1.54) is 25.7 Å². The Labute approximate surface area is 121 Å². The van der Waals surface area contributed by atoms with Gasteiger partial charge in [0.25, 0.3) is 5.56 Å². The van der Waals surface area contributed by atoms with Gasteiger partial charge >= 0.3 is 0 Å². The lowest BCUT2D eigenvalue weighted by molar-refractivity contribution is 0.268. The molecule has 1 heterocycles. The van der Waals surface area contributed by atoms with Gasteiger partial charge in [-0.3, -0.25) is 4.79 Å². The molecule has 1 fully saturated rings. The van der Waals surface area contributed by atoms with Gasteiger partial charge in [0.05, 0.1) is 5.56 Å². The molecule has 0 bridgehead atoms. The lowest BCUT2D eigenvalue weighted by atomic mass is 9.82. The molecule has 2 rings (SSSR count). The standard InChI is InChI=1S/C16H27N3O/c1-10-6-5-7-14(8-10)9-17-11(2)15-12(3)18-13(4)19-16(15)20/h10-11,14,17H,5-9H2,1-4H3,(H,18,19,20). The third kappa shape index (κ3) is 3.69. The minimum atomic E-state index is -0.00740. The number of rotatable bonds is 4. The molecule has 3 unspecified atom stereocenters. The van der Waals surface area contributed by atoms with Crippen molar-refractivity contribution in [1.82, 2.24) is 15.3 Å². The summed E-state index contributed by atoms with van der Waals surface area (Å²) in [5.41, 5.74) is 1.61. The van der Waals surface area contributed by atoms with Crippen LogP contribution in [0.25, 0.3) is 0 Å². The summed E-state index contributed by atoms with van der Waals surface area (Å²) in [5.74, 6) is 2.28. The van der Waals surface area contributed by atoms with Crippen LogP contribution in [0.3, 0.4) is 0 Å². The summed E-state index contributed by atoms with van der Waals surface area (Å²) in [7, 11) is 0. The van der Waals surface area contributed by atoms with E-state index in [1.54, 1.807) is 0 Å². The zero-order chi connectivity index (χ0) is 14.7. The number of aromatic nitrogens is 2. The Morgan fingerprint density at radius 2 is 2.15 bits per heavy atom. The van der Waals surface area contributed by atoms with Crippen molar-refractivity contribution in [3.05, 3.63) is 27.4 Å². The molecule has 1 aromatic heterocycles. The molecule has 20 heavy (non-hydrogen) atoms. The van der Waals surface area contributed by atoms with Crippen molar-refractivity contribution >= 4 is 0 Å². The first-order valence-corrected chi connectivity index (χ1v) is 7.78. The molecule has 4 nitrogen and oxygen atoms in total. The molecule has 0 amide bonds. The largest absolute Gasteiger partial charge is 0.310 e. The minimum Gasteiger partial charge on any atom is -0.310 e. The van der Waals surface area contributed by atoms with Crippen LogP contribution < -0.4 is 10.9 Å². The first-order chi connectivity index (χ1) is 9.47. The number of H-pyrrole nitrogens is 1. The molecular weight excluding hydrogens is 250 g/mol. The van der Waals surface area contributed by atoms with E-state index in [-0.39, 0.29) is 11.6 Å². The maximum atomic E-state index is 12.1. The van der Waals surface area contributed by atoms with Crippen LogP contribution in [0.1, 0.15) is 62.7 Å². The van der Waals surface area contributed by atoms with E-state index in [2.05, 4.69) is 29.1 Å². The van der Waals surface area contributed by atoms with Gasteiger partial charge in [0.2, 0.25) is 0 Å². The van der Waals surface area contributed by atoms with Gasteiger partial charge < -0.3 is 10.3 Å². The molecule has 2 N–H and O–H groups in total. The molecule has 0 radical (unpaired) electrons. The average molecular weight is 277 g/mol. The van der Waals surface area contributed by atoms with E-state index in [0.717, 1.165) is 29.6 Å². The Balaban J connectivity index is 1.98. The number of nitrogens with zero attached hydrogens (tertiary/aromatic N) is 1. The molecule has 3 atom stereocenters. The molecule has 4 heteroatoms. The van der Waals surface area contributed by atoms with E-state index >= 15 is 0 Å². The first-order valence-electron chi connectivity index (χ1n) is 7.78. The van der Waals surface area contributed by atoms with Gasteiger partial charge in [0.15, 0.2) is 0 Å². The van der Waals surface area contributed by atoms with Gasteiger partial charge in [-0.05, 0) is 52.0 Å². The van der Waals surface area contributed by atoms with Crippen LogP contribution in [0.15, 0.2) is 4.79 Å². The Hall–Kier alpha value is -1.16. The highest BCUT2D eigenvalue weighted by atomic mass is 16.1. The van der Waals surface area contributed by atoms with Crippen molar-refractivity contribution in [2.75, 3.05) is 6.54 Å². The molecule has 0 aromatic carbocycles. The molecule has 1 aliphatic rings. The van der Waals surface area contributed by atoms with Crippen LogP contribution in [0.4, 0.5) is 0 Å². The van der Waals surface area contributed by atoms with Crippen molar-refractivity contribution in [2.24, 2.45) is 11.8 Å². The van der Waals surface area contributed by atoms with Crippen LogP contribution in [-0.2, 0) is 0 Å². The lowest BCUT2D eigenvalue weighted by Gasteiger charge is -2.28.